The molecule has 0 saturated heterocycles. The predicted octanol–water partition coefficient (Wildman–Crippen LogP) is 4.29. The Hall–Kier alpha value is -1.33. The number of halogens is 1. The van der Waals surface area contributed by atoms with Gasteiger partial charge < -0.3 is 9.47 Å². The van der Waals surface area contributed by atoms with Crippen molar-refractivity contribution in [3.8, 4) is 16.2 Å². The Kier molecular flexibility index (Phi) is 3.56. The van der Waals surface area contributed by atoms with Gasteiger partial charge in [0, 0.05) is 21.3 Å². The molecule has 0 spiro atoms. The maximum atomic E-state index is 11.8. The number of carbonyl (C=O) groups is 1. The van der Waals surface area contributed by atoms with Gasteiger partial charge in [0.05, 0.1) is 12.7 Å². The van der Waals surface area contributed by atoms with Gasteiger partial charge in [-0.2, -0.15) is 0 Å². The number of benzene rings is 1. The molecule has 0 fully saturated rings. The van der Waals surface area contributed by atoms with E-state index in [0.29, 0.717) is 10.0 Å². The highest BCUT2D eigenvalue weighted by Gasteiger charge is 2.24. The lowest BCUT2D eigenvalue weighted by molar-refractivity contribution is 0.0599. The van der Waals surface area contributed by atoms with Crippen LogP contribution in [0.3, 0.4) is 0 Å². The van der Waals surface area contributed by atoms with Gasteiger partial charge in [0.2, 0.25) is 0 Å². The summed E-state index contributed by atoms with van der Waals surface area (Å²) in [6, 6.07) is 5.82. The van der Waals surface area contributed by atoms with Crippen molar-refractivity contribution in [3.05, 3.63) is 39.2 Å². The van der Waals surface area contributed by atoms with Crippen LogP contribution >= 0.6 is 27.3 Å². The minimum absolute atomic E-state index is 0.112. The molecule has 0 aliphatic carbocycles. The summed E-state index contributed by atoms with van der Waals surface area (Å²) in [7, 11) is 1.38. The zero-order valence-electron chi connectivity index (χ0n) is 11.1. The van der Waals surface area contributed by atoms with Crippen molar-refractivity contribution in [2.45, 2.75) is 19.4 Å². The van der Waals surface area contributed by atoms with Gasteiger partial charge >= 0.3 is 5.97 Å². The number of thiophene rings is 1. The molecule has 104 valence electrons. The van der Waals surface area contributed by atoms with Crippen LogP contribution in [0.25, 0.3) is 10.4 Å². The molecule has 2 aromatic rings. The molecular formula is C15H13BrO3S. The van der Waals surface area contributed by atoms with E-state index < -0.39 is 0 Å². The van der Waals surface area contributed by atoms with Gasteiger partial charge in [-0.1, -0.05) is 0 Å². The average molecular weight is 353 g/mol. The van der Waals surface area contributed by atoms with E-state index in [1.54, 1.807) is 11.3 Å². The molecule has 1 aliphatic heterocycles. The quantitative estimate of drug-likeness (QED) is 0.718. The van der Waals surface area contributed by atoms with Crippen LogP contribution < -0.4 is 4.74 Å². The molecule has 2 heterocycles. The molecule has 3 rings (SSSR count). The second-order valence-corrected chi connectivity index (χ2v) is 6.50. The SMILES string of the molecule is COC(=O)c1cc2c(cc1Br)O[C@H](C)Cc1ccsc1-2. The summed E-state index contributed by atoms with van der Waals surface area (Å²) in [5, 5.41) is 2.08. The third-order valence-corrected chi connectivity index (χ3v) is 4.95. The highest BCUT2D eigenvalue weighted by Crippen LogP contribution is 2.42. The van der Waals surface area contributed by atoms with Crippen molar-refractivity contribution in [2.24, 2.45) is 0 Å². The summed E-state index contributed by atoms with van der Waals surface area (Å²) in [5.41, 5.74) is 2.74. The smallest absolute Gasteiger partial charge is 0.339 e. The second-order valence-electron chi connectivity index (χ2n) is 4.73. The number of carbonyl (C=O) groups excluding carboxylic acids is 1. The monoisotopic (exact) mass is 352 g/mol. The van der Waals surface area contributed by atoms with Gasteiger partial charge in [-0.3, -0.25) is 0 Å². The fraction of sp³-hybridized carbons (Fsp3) is 0.267. The van der Waals surface area contributed by atoms with Crippen molar-refractivity contribution >= 4 is 33.2 Å². The molecule has 0 bridgehead atoms. The summed E-state index contributed by atoms with van der Waals surface area (Å²) < 4.78 is 11.5. The number of fused-ring (bicyclic) bond motifs is 3. The third kappa shape index (κ3) is 2.25. The lowest BCUT2D eigenvalue weighted by atomic mass is 10.0. The first-order valence-electron chi connectivity index (χ1n) is 6.25. The zero-order valence-corrected chi connectivity index (χ0v) is 13.5. The molecule has 0 amide bonds. The van der Waals surface area contributed by atoms with E-state index in [1.165, 1.54) is 17.6 Å². The van der Waals surface area contributed by atoms with Crippen molar-refractivity contribution in [1.29, 1.82) is 0 Å². The maximum absolute atomic E-state index is 11.8. The fourth-order valence-electron chi connectivity index (χ4n) is 2.40. The lowest BCUT2D eigenvalue weighted by Gasteiger charge is -2.14. The molecular weight excluding hydrogens is 340 g/mol. The fourth-order valence-corrected chi connectivity index (χ4v) is 3.84. The van der Waals surface area contributed by atoms with E-state index in [1.807, 2.05) is 12.1 Å². The zero-order chi connectivity index (χ0) is 14.3. The molecule has 0 N–H and O–H groups in total. The predicted molar refractivity (Wildman–Crippen MR) is 82.6 cm³/mol. The van der Waals surface area contributed by atoms with Gasteiger partial charge in [0.25, 0.3) is 0 Å². The molecule has 20 heavy (non-hydrogen) atoms. The Morgan fingerprint density at radius 1 is 1.50 bits per heavy atom. The van der Waals surface area contributed by atoms with Crippen molar-refractivity contribution in [3.63, 3.8) is 0 Å². The molecule has 5 heteroatoms. The Balaban J connectivity index is 2.22. The van der Waals surface area contributed by atoms with Crippen LogP contribution in [0.2, 0.25) is 0 Å². The number of ether oxygens (including phenoxy) is 2. The normalized spacial score (nSPS) is 16.6. The maximum Gasteiger partial charge on any atom is 0.339 e. The Morgan fingerprint density at radius 2 is 2.30 bits per heavy atom. The largest absolute Gasteiger partial charge is 0.490 e. The van der Waals surface area contributed by atoms with Crippen LogP contribution in [0.4, 0.5) is 0 Å². The summed E-state index contributed by atoms with van der Waals surface area (Å²) in [6.45, 7) is 2.05. The minimum Gasteiger partial charge on any atom is -0.490 e. The highest BCUT2D eigenvalue weighted by molar-refractivity contribution is 9.10. The first kappa shape index (κ1) is 13.6. The summed E-state index contributed by atoms with van der Waals surface area (Å²) >= 11 is 5.09. The Morgan fingerprint density at radius 3 is 3.05 bits per heavy atom. The number of hydrogen-bond donors (Lipinski definition) is 0. The highest BCUT2D eigenvalue weighted by atomic mass is 79.9. The summed E-state index contributed by atoms with van der Waals surface area (Å²) in [6.07, 6.45) is 0.985. The summed E-state index contributed by atoms with van der Waals surface area (Å²) in [5.74, 6) is 0.452. The third-order valence-electron chi connectivity index (χ3n) is 3.30. The molecule has 1 aliphatic rings. The molecule has 1 aromatic carbocycles. The van der Waals surface area contributed by atoms with Crippen LogP contribution in [0.5, 0.6) is 5.75 Å². The Labute approximate surface area is 129 Å². The first-order chi connectivity index (χ1) is 9.60. The minimum atomic E-state index is -0.352. The Bertz CT molecular complexity index is 678. The molecule has 0 saturated carbocycles. The van der Waals surface area contributed by atoms with E-state index >= 15 is 0 Å². The molecule has 1 atom stereocenters. The van der Waals surface area contributed by atoms with Crippen LogP contribution in [0, 0.1) is 0 Å². The summed E-state index contributed by atoms with van der Waals surface area (Å²) in [4.78, 5) is 13.0. The average Bonchev–Trinajstić information content (AvgIpc) is 2.81. The topological polar surface area (TPSA) is 35.5 Å². The van der Waals surface area contributed by atoms with Crippen molar-refractivity contribution in [2.75, 3.05) is 7.11 Å². The molecule has 0 unspecified atom stereocenters. The molecule has 3 nitrogen and oxygen atoms in total. The van der Waals surface area contributed by atoms with Crippen LogP contribution in [-0.2, 0) is 11.2 Å². The van der Waals surface area contributed by atoms with E-state index in [0.717, 1.165) is 17.7 Å². The molecule has 1 aromatic heterocycles. The standard InChI is InChI=1S/C15H13BrO3S/c1-8-5-9-3-4-20-14(9)11-6-10(15(17)18-2)12(16)7-13(11)19-8/h3-4,6-8H,5H2,1-2H3/t8-/m1/s1. The van der Waals surface area contributed by atoms with Gasteiger partial charge in [-0.15, -0.1) is 11.3 Å². The number of hydrogen-bond acceptors (Lipinski definition) is 4. The van der Waals surface area contributed by atoms with E-state index in [-0.39, 0.29) is 12.1 Å². The van der Waals surface area contributed by atoms with Gasteiger partial charge in [0.15, 0.2) is 0 Å². The number of methoxy groups -OCH3 is 1. The van der Waals surface area contributed by atoms with E-state index in [4.69, 9.17) is 9.47 Å². The van der Waals surface area contributed by atoms with E-state index in [2.05, 4.69) is 34.3 Å². The van der Waals surface area contributed by atoms with E-state index in [9.17, 15) is 4.79 Å². The number of esters is 1. The lowest BCUT2D eigenvalue weighted by Crippen LogP contribution is -2.13. The van der Waals surface area contributed by atoms with Crippen molar-refractivity contribution in [1.82, 2.24) is 0 Å². The first-order valence-corrected chi connectivity index (χ1v) is 7.92. The van der Waals surface area contributed by atoms with Gasteiger partial charge in [0.1, 0.15) is 11.9 Å². The second kappa shape index (κ2) is 5.22. The van der Waals surface area contributed by atoms with Gasteiger partial charge in [-0.05, 0) is 52.0 Å². The number of rotatable bonds is 1. The molecule has 0 radical (unpaired) electrons. The van der Waals surface area contributed by atoms with Gasteiger partial charge in [-0.25, -0.2) is 4.79 Å². The van der Waals surface area contributed by atoms with Crippen molar-refractivity contribution < 1.29 is 14.3 Å². The van der Waals surface area contributed by atoms with Crippen LogP contribution in [0.15, 0.2) is 28.1 Å². The van der Waals surface area contributed by atoms with Crippen LogP contribution in [-0.4, -0.2) is 19.2 Å². The van der Waals surface area contributed by atoms with Crippen LogP contribution in [0.1, 0.15) is 22.8 Å².